The zero-order valence-corrected chi connectivity index (χ0v) is 12.4. The monoisotopic (exact) mass is 321 g/mol. The Balaban J connectivity index is 1.94. The van der Waals surface area contributed by atoms with E-state index in [1.54, 1.807) is 24.3 Å². The SMILES string of the molecule is CC(OC(=O)c1ccc(F)cc1)C(=O)Nc1ccc(Cl)cc1. The van der Waals surface area contributed by atoms with E-state index in [-0.39, 0.29) is 5.56 Å². The Bertz CT molecular complexity index is 671. The van der Waals surface area contributed by atoms with Crippen molar-refractivity contribution >= 4 is 29.2 Å². The van der Waals surface area contributed by atoms with Crippen LogP contribution in [0.25, 0.3) is 0 Å². The van der Waals surface area contributed by atoms with Gasteiger partial charge >= 0.3 is 5.97 Å². The maximum atomic E-state index is 12.8. The van der Waals surface area contributed by atoms with Gasteiger partial charge in [0.25, 0.3) is 5.91 Å². The minimum atomic E-state index is -0.992. The molecular formula is C16H13ClFNO3. The quantitative estimate of drug-likeness (QED) is 0.874. The summed E-state index contributed by atoms with van der Waals surface area (Å²) < 4.78 is 17.8. The molecule has 1 amide bonds. The summed E-state index contributed by atoms with van der Waals surface area (Å²) in [5, 5.41) is 3.15. The van der Waals surface area contributed by atoms with E-state index in [1.165, 1.54) is 19.1 Å². The molecular weight excluding hydrogens is 309 g/mol. The molecule has 1 N–H and O–H groups in total. The number of amides is 1. The first-order chi connectivity index (χ1) is 10.5. The Morgan fingerprint density at radius 1 is 1.09 bits per heavy atom. The molecule has 0 saturated heterocycles. The van der Waals surface area contributed by atoms with Gasteiger partial charge in [0, 0.05) is 10.7 Å². The van der Waals surface area contributed by atoms with Crippen LogP contribution in [0.5, 0.6) is 0 Å². The van der Waals surface area contributed by atoms with Gasteiger partial charge in [0.1, 0.15) is 5.82 Å². The minimum Gasteiger partial charge on any atom is -0.449 e. The van der Waals surface area contributed by atoms with E-state index in [9.17, 15) is 14.0 Å². The molecule has 6 heteroatoms. The lowest BCUT2D eigenvalue weighted by Crippen LogP contribution is -2.30. The van der Waals surface area contributed by atoms with Crippen molar-refractivity contribution in [2.75, 3.05) is 5.32 Å². The number of anilines is 1. The Morgan fingerprint density at radius 2 is 1.68 bits per heavy atom. The van der Waals surface area contributed by atoms with Crippen molar-refractivity contribution in [2.24, 2.45) is 0 Å². The van der Waals surface area contributed by atoms with Gasteiger partial charge < -0.3 is 10.1 Å². The van der Waals surface area contributed by atoms with Gasteiger partial charge in [-0.25, -0.2) is 9.18 Å². The van der Waals surface area contributed by atoms with Crippen LogP contribution in [0.1, 0.15) is 17.3 Å². The van der Waals surface area contributed by atoms with Gasteiger partial charge in [0.2, 0.25) is 0 Å². The van der Waals surface area contributed by atoms with Crippen molar-refractivity contribution in [2.45, 2.75) is 13.0 Å². The van der Waals surface area contributed by atoms with Gasteiger partial charge in [-0.3, -0.25) is 4.79 Å². The maximum Gasteiger partial charge on any atom is 0.338 e. The van der Waals surface area contributed by atoms with Gasteiger partial charge in [0.15, 0.2) is 6.10 Å². The van der Waals surface area contributed by atoms with Crippen LogP contribution in [0.4, 0.5) is 10.1 Å². The van der Waals surface area contributed by atoms with E-state index >= 15 is 0 Å². The zero-order valence-electron chi connectivity index (χ0n) is 11.7. The summed E-state index contributed by atoms with van der Waals surface area (Å²) >= 11 is 5.75. The molecule has 0 fully saturated rings. The normalized spacial score (nSPS) is 11.6. The number of hydrogen-bond donors (Lipinski definition) is 1. The van der Waals surface area contributed by atoms with Crippen molar-refractivity contribution < 1.29 is 18.7 Å². The standard InChI is InChI=1S/C16H13ClFNO3/c1-10(15(20)19-14-8-4-12(17)5-9-14)22-16(21)11-2-6-13(18)7-3-11/h2-10H,1H3,(H,19,20). The number of halogens is 2. The lowest BCUT2D eigenvalue weighted by Gasteiger charge is -2.13. The molecule has 2 aromatic rings. The van der Waals surface area contributed by atoms with Gasteiger partial charge in [-0.1, -0.05) is 11.6 Å². The Hall–Kier alpha value is -2.40. The molecule has 1 atom stereocenters. The molecule has 0 aliphatic rings. The minimum absolute atomic E-state index is 0.174. The molecule has 22 heavy (non-hydrogen) atoms. The summed E-state index contributed by atoms with van der Waals surface area (Å²) in [4.78, 5) is 23.8. The number of nitrogens with one attached hydrogen (secondary N) is 1. The van der Waals surface area contributed by atoms with Gasteiger partial charge in [-0.05, 0) is 55.5 Å². The number of carbonyl (C=O) groups excluding carboxylic acids is 2. The first kappa shape index (κ1) is 16.0. The molecule has 0 spiro atoms. The largest absolute Gasteiger partial charge is 0.449 e. The first-order valence-electron chi connectivity index (χ1n) is 6.48. The van der Waals surface area contributed by atoms with Crippen molar-refractivity contribution in [3.8, 4) is 0 Å². The van der Waals surface area contributed by atoms with Crippen molar-refractivity contribution in [3.63, 3.8) is 0 Å². The van der Waals surface area contributed by atoms with E-state index in [0.29, 0.717) is 10.7 Å². The molecule has 0 saturated carbocycles. The molecule has 1 unspecified atom stereocenters. The molecule has 114 valence electrons. The number of esters is 1. The number of rotatable bonds is 4. The van der Waals surface area contributed by atoms with Gasteiger partial charge in [-0.15, -0.1) is 0 Å². The molecule has 0 radical (unpaired) electrons. The van der Waals surface area contributed by atoms with Crippen LogP contribution in [-0.2, 0) is 9.53 Å². The average Bonchev–Trinajstić information content (AvgIpc) is 2.50. The summed E-state index contributed by atoms with van der Waals surface area (Å²) in [5.74, 6) is -1.62. The predicted molar refractivity (Wildman–Crippen MR) is 81.4 cm³/mol. The van der Waals surface area contributed by atoms with E-state index in [4.69, 9.17) is 16.3 Å². The Kier molecular flexibility index (Phi) is 5.12. The van der Waals surface area contributed by atoms with Crippen LogP contribution >= 0.6 is 11.6 Å². The van der Waals surface area contributed by atoms with E-state index in [2.05, 4.69) is 5.32 Å². The second-order valence-corrected chi connectivity index (χ2v) is 4.99. The van der Waals surface area contributed by atoms with Crippen molar-refractivity contribution in [1.82, 2.24) is 0 Å². The van der Waals surface area contributed by atoms with Crippen LogP contribution < -0.4 is 5.32 Å². The van der Waals surface area contributed by atoms with Crippen LogP contribution in [0.2, 0.25) is 5.02 Å². The highest BCUT2D eigenvalue weighted by atomic mass is 35.5. The summed E-state index contributed by atoms with van der Waals surface area (Å²) in [7, 11) is 0. The third-order valence-electron chi connectivity index (χ3n) is 2.84. The average molecular weight is 322 g/mol. The molecule has 0 bridgehead atoms. The number of hydrogen-bond acceptors (Lipinski definition) is 3. The third-order valence-corrected chi connectivity index (χ3v) is 3.10. The van der Waals surface area contributed by atoms with Crippen molar-refractivity contribution in [1.29, 1.82) is 0 Å². The number of carbonyl (C=O) groups is 2. The fraction of sp³-hybridized carbons (Fsp3) is 0.125. The smallest absolute Gasteiger partial charge is 0.338 e. The lowest BCUT2D eigenvalue weighted by molar-refractivity contribution is -0.123. The second kappa shape index (κ2) is 7.04. The van der Waals surface area contributed by atoms with Crippen LogP contribution in [0.15, 0.2) is 48.5 Å². The summed E-state index contributed by atoms with van der Waals surface area (Å²) in [5.41, 5.74) is 0.714. The number of benzene rings is 2. The van der Waals surface area contributed by atoms with Crippen LogP contribution in [-0.4, -0.2) is 18.0 Å². The van der Waals surface area contributed by atoms with Crippen molar-refractivity contribution in [3.05, 3.63) is 64.9 Å². The predicted octanol–water partition coefficient (Wildman–Crippen LogP) is 3.66. The lowest BCUT2D eigenvalue weighted by atomic mass is 10.2. The highest BCUT2D eigenvalue weighted by molar-refractivity contribution is 6.30. The summed E-state index contributed by atoms with van der Waals surface area (Å²) in [6.07, 6.45) is -0.992. The van der Waals surface area contributed by atoms with E-state index < -0.39 is 23.8 Å². The molecule has 0 aliphatic carbocycles. The Labute approximate surface area is 131 Å². The third kappa shape index (κ3) is 4.30. The highest BCUT2D eigenvalue weighted by Gasteiger charge is 2.19. The fourth-order valence-corrected chi connectivity index (χ4v) is 1.77. The highest BCUT2D eigenvalue weighted by Crippen LogP contribution is 2.14. The fourth-order valence-electron chi connectivity index (χ4n) is 1.65. The summed E-state index contributed by atoms with van der Waals surface area (Å²) in [6, 6.07) is 11.4. The molecule has 2 rings (SSSR count). The topological polar surface area (TPSA) is 55.4 Å². The molecule has 2 aromatic carbocycles. The number of ether oxygens (including phenoxy) is 1. The zero-order chi connectivity index (χ0) is 16.1. The molecule has 0 aromatic heterocycles. The molecule has 0 heterocycles. The molecule has 4 nitrogen and oxygen atoms in total. The maximum absolute atomic E-state index is 12.8. The second-order valence-electron chi connectivity index (χ2n) is 4.55. The summed E-state index contributed by atoms with van der Waals surface area (Å²) in [6.45, 7) is 1.45. The van der Waals surface area contributed by atoms with Crippen LogP contribution in [0.3, 0.4) is 0 Å². The van der Waals surface area contributed by atoms with Gasteiger partial charge in [-0.2, -0.15) is 0 Å². The van der Waals surface area contributed by atoms with E-state index in [0.717, 1.165) is 12.1 Å². The van der Waals surface area contributed by atoms with Gasteiger partial charge in [0.05, 0.1) is 5.56 Å². The molecule has 0 aliphatic heterocycles. The first-order valence-corrected chi connectivity index (χ1v) is 6.86. The van der Waals surface area contributed by atoms with Crippen LogP contribution in [0, 0.1) is 5.82 Å². The van der Waals surface area contributed by atoms with E-state index in [1.807, 2.05) is 0 Å². The Morgan fingerprint density at radius 3 is 2.27 bits per heavy atom.